The second-order valence-corrected chi connectivity index (χ2v) is 6.27. The number of rotatable bonds is 4. The highest BCUT2D eigenvalue weighted by atomic mass is 19.1. The minimum absolute atomic E-state index is 0.00920. The Bertz CT molecular complexity index is 1220. The summed E-state index contributed by atoms with van der Waals surface area (Å²) < 4.78 is 19.8. The van der Waals surface area contributed by atoms with E-state index in [0.717, 1.165) is 6.07 Å². The fraction of sp³-hybridized carbons (Fsp3) is 0.0455. The van der Waals surface area contributed by atoms with Gasteiger partial charge in [0.1, 0.15) is 28.5 Å². The molecule has 1 aromatic heterocycles. The van der Waals surface area contributed by atoms with E-state index in [0.29, 0.717) is 11.3 Å². The van der Waals surface area contributed by atoms with Gasteiger partial charge >= 0.3 is 0 Å². The van der Waals surface area contributed by atoms with E-state index in [1.54, 1.807) is 42.5 Å². The Balaban J connectivity index is 1.86. The van der Waals surface area contributed by atoms with Gasteiger partial charge in [-0.05, 0) is 12.1 Å². The normalized spacial score (nSPS) is 10.9. The largest absolute Gasteiger partial charge is 0.507 e. The number of benzene rings is 3. The van der Waals surface area contributed by atoms with Gasteiger partial charge in [0.2, 0.25) is 0 Å². The zero-order valence-corrected chi connectivity index (χ0v) is 14.6. The lowest BCUT2D eigenvalue weighted by molar-refractivity contribution is 0.447. The number of aromatic hydroxyl groups is 2. The van der Waals surface area contributed by atoms with Crippen LogP contribution in [0.15, 0.2) is 75.9 Å². The van der Waals surface area contributed by atoms with Gasteiger partial charge in [0.15, 0.2) is 11.0 Å². The standard InChI is InChI=1S/C22H16FNO4/c23-15-8-4-5-9-16(15)24-12-14-17(25)10-18(26)21-19(27)11-20(28-22(14)21)13-6-2-1-3-7-13/h1-11,24-26H,12H2. The summed E-state index contributed by atoms with van der Waals surface area (Å²) in [5.41, 5.74) is 0.769. The van der Waals surface area contributed by atoms with Crippen LogP contribution in [-0.4, -0.2) is 10.2 Å². The maximum atomic E-state index is 13.9. The van der Waals surface area contributed by atoms with Crippen LogP contribution in [0, 0.1) is 5.82 Å². The van der Waals surface area contributed by atoms with E-state index < -0.39 is 11.2 Å². The number of hydrogen-bond acceptors (Lipinski definition) is 5. The fourth-order valence-corrected chi connectivity index (χ4v) is 3.06. The third-order valence-corrected chi connectivity index (χ3v) is 4.45. The maximum absolute atomic E-state index is 13.9. The summed E-state index contributed by atoms with van der Waals surface area (Å²) in [5.74, 6) is -0.788. The number of anilines is 1. The molecular weight excluding hydrogens is 361 g/mol. The van der Waals surface area contributed by atoms with E-state index in [1.807, 2.05) is 6.07 Å². The molecule has 4 rings (SSSR count). The number of para-hydroxylation sites is 1. The van der Waals surface area contributed by atoms with Gasteiger partial charge in [0.25, 0.3) is 0 Å². The number of nitrogens with one attached hydrogen (secondary N) is 1. The third-order valence-electron chi connectivity index (χ3n) is 4.45. The molecule has 6 heteroatoms. The molecule has 140 valence electrons. The van der Waals surface area contributed by atoms with Crippen molar-refractivity contribution in [2.75, 3.05) is 5.32 Å². The number of fused-ring (bicyclic) bond motifs is 1. The fourth-order valence-electron chi connectivity index (χ4n) is 3.06. The molecule has 4 aromatic rings. The molecule has 0 aliphatic carbocycles. The molecule has 3 N–H and O–H groups in total. The van der Waals surface area contributed by atoms with Gasteiger partial charge in [-0.25, -0.2) is 4.39 Å². The molecule has 0 spiro atoms. The molecule has 0 saturated carbocycles. The van der Waals surface area contributed by atoms with Crippen LogP contribution in [-0.2, 0) is 6.54 Å². The smallest absolute Gasteiger partial charge is 0.197 e. The maximum Gasteiger partial charge on any atom is 0.197 e. The van der Waals surface area contributed by atoms with Gasteiger partial charge in [-0.2, -0.15) is 0 Å². The second-order valence-electron chi connectivity index (χ2n) is 6.27. The molecule has 3 aromatic carbocycles. The SMILES string of the molecule is O=c1cc(-c2ccccc2)oc2c(CNc3ccccc3F)c(O)cc(O)c12. The van der Waals surface area contributed by atoms with Crippen LogP contribution in [0.3, 0.4) is 0 Å². The highest BCUT2D eigenvalue weighted by molar-refractivity contribution is 5.89. The van der Waals surface area contributed by atoms with Crippen LogP contribution >= 0.6 is 0 Å². The van der Waals surface area contributed by atoms with Crippen molar-refractivity contribution in [3.63, 3.8) is 0 Å². The molecule has 28 heavy (non-hydrogen) atoms. The van der Waals surface area contributed by atoms with Crippen LogP contribution < -0.4 is 10.7 Å². The summed E-state index contributed by atoms with van der Waals surface area (Å²) in [4.78, 5) is 12.6. The first-order valence-electron chi connectivity index (χ1n) is 8.60. The Labute approximate surface area is 159 Å². The van der Waals surface area contributed by atoms with Gasteiger partial charge in [0.05, 0.1) is 11.3 Å². The predicted molar refractivity (Wildman–Crippen MR) is 105 cm³/mol. The molecule has 5 nitrogen and oxygen atoms in total. The molecule has 0 bridgehead atoms. The highest BCUT2D eigenvalue weighted by Crippen LogP contribution is 2.35. The minimum Gasteiger partial charge on any atom is -0.507 e. The average molecular weight is 377 g/mol. The topological polar surface area (TPSA) is 82.7 Å². The van der Waals surface area contributed by atoms with Gasteiger partial charge in [-0.15, -0.1) is 0 Å². The van der Waals surface area contributed by atoms with E-state index in [4.69, 9.17) is 4.42 Å². The molecule has 1 heterocycles. The van der Waals surface area contributed by atoms with Crippen molar-refractivity contribution in [3.05, 3.63) is 88.3 Å². The number of phenolic OH excluding ortho intramolecular Hbond substituents is 2. The summed E-state index contributed by atoms with van der Waals surface area (Å²) in [5, 5.41) is 23.3. The minimum atomic E-state index is -0.448. The number of halogens is 1. The second kappa shape index (κ2) is 7.08. The van der Waals surface area contributed by atoms with Crippen molar-refractivity contribution in [1.82, 2.24) is 0 Å². The first-order chi connectivity index (χ1) is 13.5. The van der Waals surface area contributed by atoms with E-state index in [2.05, 4.69) is 5.32 Å². The summed E-state index contributed by atoms with van der Waals surface area (Å²) in [6, 6.07) is 17.5. The summed E-state index contributed by atoms with van der Waals surface area (Å²) >= 11 is 0. The van der Waals surface area contributed by atoms with Crippen molar-refractivity contribution in [2.45, 2.75) is 6.54 Å². The zero-order valence-electron chi connectivity index (χ0n) is 14.6. The lowest BCUT2D eigenvalue weighted by Gasteiger charge is -2.13. The summed E-state index contributed by atoms with van der Waals surface area (Å²) in [7, 11) is 0. The number of hydrogen-bond donors (Lipinski definition) is 3. The first kappa shape index (κ1) is 17.6. The van der Waals surface area contributed by atoms with Crippen molar-refractivity contribution in [3.8, 4) is 22.8 Å². The quantitative estimate of drug-likeness (QED) is 0.483. The van der Waals surface area contributed by atoms with Gasteiger partial charge in [0, 0.05) is 24.2 Å². The van der Waals surface area contributed by atoms with E-state index in [9.17, 15) is 19.4 Å². The molecule has 0 amide bonds. The Kier molecular flexibility index (Phi) is 4.45. The molecular formula is C22H16FNO4. The Morgan fingerprint density at radius 3 is 2.39 bits per heavy atom. The highest BCUT2D eigenvalue weighted by Gasteiger charge is 2.18. The summed E-state index contributed by atoms with van der Waals surface area (Å²) in [6.07, 6.45) is 0. The van der Waals surface area contributed by atoms with Crippen LogP contribution in [0.1, 0.15) is 5.56 Å². The third kappa shape index (κ3) is 3.16. The Hall–Kier alpha value is -3.80. The van der Waals surface area contributed by atoms with E-state index in [-0.39, 0.29) is 40.3 Å². The Morgan fingerprint density at radius 1 is 0.929 bits per heavy atom. The van der Waals surface area contributed by atoms with Gasteiger partial charge in [-0.3, -0.25) is 4.79 Å². The molecule has 0 atom stereocenters. The first-order valence-corrected chi connectivity index (χ1v) is 8.60. The van der Waals surface area contributed by atoms with E-state index in [1.165, 1.54) is 12.1 Å². The molecule has 0 radical (unpaired) electrons. The summed E-state index contributed by atoms with van der Waals surface area (Å²) in [6.45, 7) is -0.00920. The van der Waals surface area contributed by atoms with Crippen molar-refractivity contribution >= 4 is 16.7 Å². The molecule has 0 aliphatic heterocycles. The van der Waals surface area contributed by atoms with Crippen molar-refractivity contribution in [1.29, 1.82) is 0 Å². The molecule has 0 unspecified atom stereocenters. The predicted octanol–water partition coefficient (Wildman–Crippen LogP) is 4.62. The number of phenols is 2. The van der Waals surface area contributed by atoms with Crippen LogP contribution in [0.4, 0.5) is 10.1 Å². The monoisotopic (exact) mass is 377 g/mol. The van der Waals surface area contributed by atoms with Crippen molar-refractivity contribution in [2.24, 2.45) is 0 Å². The van der Waals surface area contributed by atoms with Crippen LogP contribution in [0.25, 0.3) is 22.3 Å². The average Bonchev–Trinajstić information content (AvgIpc) is 2.69. The molecule has 0 fully saturated rings. The van der Waals surface area contributed by atoms with Crippen LogP contribution in [0.5, 0.6) is 11.5 Å². The van der Waals surface area contributed by atoms with Gasteiger partial charge in [-0.1, -0.05) is 42.5 Å². The lowest BCUT2D eigenvalue weighted by Crippen LogP contribution is -2.06. The van der Waals surface area contributed by atoms with E-state index >= 15 is 0 Å². The zero-order chi connectivity index (χ0) is 19.7. The molecule has 0 saturated heterocycles. The van der Waals surface area contributed by atoms with Crippen LogP contribution in [0.2, 0.25) is 0 Å². The lowest BCUT2D eigenvalue weighted by atomic mass is 10.1. The Morgan fingerprint density at radius 2 is 1.64 bits per heavy atom. The molecule has 0 aliphatic rings. The van der Waals surface area contributed by atoms with Crippen molar-refractivity contribution < 1.29 is 19.0 Å². The van der Waals surface area contributed by atoms with Gasteiger partial charge < -0.3 is 19.9 Å².